The predicted molar refractivity (Wildman–Crippen MR) is 186 cm³/mol. The van der Waals surface area contributed by atoms with Crippen molar-refractivity contribution in [3.05, 3.63) is 148 Å². The molecule has 1 fully saturated rings. The number of hydrogen-bond donors (Lipinski definition) is 0. The molecule has 47 heavy (non-hydrogen) atoms. The number of nitro groups is 1. The van der Waals surface area contributed by atoms with Gasteiger partial charge in [-0.2, -0.15) is 0 Å². The molecule has 0 N–H and O–H groups in total. The van der Waals surface area contributed by atoms with Gasteiger partial charge in [-0.05, 0) is 40.8 Å². The van der Waals surface area contributed by atoms with Gasteiger partial charge in [-0.3, -0.25) is 10.1 Å². The highest BCUT2D eigenvalue weighted by atomic mass is 127. The molecule has 0 amide bonds. The third-order valence-electron chi connectivity index (χ3n) is 7.71. The Kier molecular flexibility index (Phi) is 14.1. The number of alkyl halides is 1. The van der Waals surface area contributed by atoms with Crippen molar-refractivity contribution < 1.29 is 33.3 Å². The Morgan fingerprint density at radius 2 is 1.11 bits per heavy atom. The first-order valence-electron chi connectivity index (χ1n) is 15.7. The zero-order valence-electron chi connectivity index (χ0n) is 26.1. The van der Waals surface area contributed by atoms with Crippen LogP contribution in [0.3, 0.4) is 0 Å². The van der Waals surface area contributed by atoms with E-state index >= 15 is 0 Å². The van der Waals surface area contributed by atoms with Gasteiger partial charge in [0.15, 0.2) is 6.29 Å². The summed E-state index contributed by atoms with van der Waals surface area (Å²) in [6, 6.07) is 36.3. The molecule has 1 aliphatic rings. The molecule has 5 atom stereocenters. The number of halogens is 1. The maximum atomic E-state index is 11.1. The van der Waals surface area contributed by atoms with Gasteiger partial charge < -0.3 is 28.4 Å². The van der Waals surface area contributed by atoms with Crippen molar-refractivity contribution >= 4 is 28.3 Å². The van der Waals surface area contributed by atoms with E-state index in [-0.39, 0.29) is 18.9 Å². The summed E-state index contributed by atoms with van der Waals surface area (Å²) in [4.78, 5) is 10.7. The Labute approximate surface area is 289 Å². The molecule has 9 nitrogen and oxygen atoms in total. The van der Waals surface area contributed by atoms with Crippen LogP contribution in [0.5, 0.6) is 0 Å². The Morgan fingerprint density at radius 3 is 1.62 bits per heavy atom. The maximum Gasteiger partial charge on any atom is 0.269 e. The van der Waals surface area contributed by atoms with Gasteiger partial charge in [0.2, 0.25) is 0 Å². The van der Waals surface area contributed by atoms with Crippen molar-refractivity contribution in [1.82, 2.24) is 0 Å². The van der Waals surface area contributed by atoms with Crippen LogP contribution in [0.1, 0.15) is 28.7 Å². The molecule has 0 aromatic heterocycles. The quantitative estimate of drug-likeness (QED) is 0.0340. The van der Waals surface area contributed by atoms with Gasteiger partial charge in [0.05, 0.1) is 44.6 Å². The Hall–Kier alpha value is -3.23. The molecule has 248 valence electrons. The minimum Gasteiger partial charge on any atom is -0.374 e. The zero-order chi connectivity index (χ0) is 32.7. The summed E-state index contributed by atoms with van der Waals surface area (Å²) in [6.07, 6.45) is -2.16. The van der Waals surface area contributed by atoms with Gasteiger partial charge >= 0.3 is 0 Å². The summed E-state index contributed by atoms with van der Waals surface area (Å²) in [5, 5.41) is 11.1. The second kappa shape index (κ2) is 18.9. The van der Waals surface area contributed by atoms with Crippen molar-refractivity contribution in [1.29, 1.82) is 0 Å². The summed E-state index contributed by atoms with van der Waals surface area (Å²) in [5.74, 6) is 0. The molecule has 0 spiro atoms. The second-order valence-corrected chi connectivity index (χ2v) is 12.3. The lowest BCUT2D eigenvalue weighted by atomic mass is 9.97. The lowest BCUT2D eigenvalue weighted by Gasteiger charge is -2.46. The number of nitrogens with zero attached hydrogens (tertiary/aromatic N) is 1. The molecule has 4 aromatic carbocycles. The Bertz CT molecular complexity index is 1460. The molecule has 0 aliphatic carbocycles. The van der Waals surface area contributed by atoms with E-state index in [0.29, 0.717) is 26.4 Å². The van der Waals surface area contributed by atoms with Gasteiger partial charge in [-0.15, -0.1) is 0 Å². The van der Waals surface area contributed by atoms with E-state index in [0.717, 1.165) is 33.1 Å². The summed E-state index contributed by atoms with van der Waals surface area (Å²) in [6.45, 7) is 1.95. The highest BCUT2D eigenvalue weighted by Gasteiger charge is 2.49. The number of hydrogen-bond acceptors (Lipinski definition) is 8. The predicted octanol–water partition coefficient (Wildman–Crippen LogP) is 7.43. The van der Waals surface area contributed by atoms with Crippen LogP contribution >= 0.6 is 22.6 Å². The zero-order valence-corrected chi connectivity index (χ0v) is 28.3. The van der Waals surface area contributed by atoms with Gasteiger partial charge in [0, 0.05) is 16.6 Å². The van der Waals surface area contributed by atoms with Gasteiger partial charge in [0.25, 0.3) is 5.69 Å². The lowest BCUT2D eigenvalue weighted by molar-refractivity contribution is -0.384. The van der Waals surface area contributed by atoms with Crippen molar-refractivity contribution in [3.63, 3.8) is 0 Å². The van der Waals surface area contributed by atoms with Crippen molar-refractivity contribution in [2.75, 3.05) is 17.6 Å². The number of ether oxygens (including phenoxy) is 6. The average molecular weight is 754 g/mol. The van der Waals surface area contributed by atoms with E-state index in [1.54, 1.807) is 12.1 Å². The van der Waals surface area contributed by atoms with Crippen LogP contribution in [0, 0.1) is 10.1 Å². The first kappa shape index (κ1) is 35.1. The van der Waals surface area contributed by atoms with Crippen molar-refractivity contribution in [2.45, 2.75) is 63.6 Å². The van der Waals surface area contributed by atoms with Crippen LogP contribution in [0.15, 0.2) is 115 Å². The normalized spacial score (nSPS) is 21.0. The molecule has 10 heteroatoms. The summed E-state index contributed by atoms with van der Waals surface area (Å²) in [7, 11) is 0. The molecule has 4 aromatic rings. The van der Waals surface area contributed by atoms with E-state index in [2.05, 4.69) is 22.6 Å². The van der Waals surface area contributed by atoms with E-state index in [1.807, 2.05) is 91.0 Å². The summed E-state index contributed by atoms with van der Waals surface area (Å²) < 4.78 is 40.0. The molecule has 0 radical (unpaired) electrons. The van der Waals surface area contributed by atoms with E-state index in [4.69, 9.17) is 28.4 Å². The minimum absolute atomic E-state index is 0.0326. The first-order chi connectivity index (χ1) is 23.1. The molecule has 1 aliphatic heterocycles. The average Bonchev–Trinajstić information content (AvgIpc) is 3.11. The maximum absolute atomic E-state index is 11.1. The molecule has 1 heterocycles. The Morgan fingerprint density at radius 1 is 0.617 bits per heavy atom. The largest absolute Gasteiger partial charge is 0.374 e. The van der Waals surface area contributed by atoms with Crippen LogP contribution in [0.4, 0.5) is 5.69 Å². The fraction of sp³-hybridized carbons (Fsp3) is 0.351. The third-order valence-corrected chi connectivity index (χ3v) is 8.47. The SMILES string of the molecule is O=[N+]([O-])c1ccc(COC[C@H]2O[C@@H](OCCCI)[C@@H](OCc3ccccc3)[C@@H](OCc3ccccc3)[C@@H]2OCc2ccccc2)cc1. The molecule has 0 bridgehead atoms. The number of rotatable bonds is 18. The third kappa shape index (κ3) is 10.9. The molecule has 0 unspecified atom stereocenters. The van der Waals surface area contributed by atoms with Crippen LogP contribution in [-0.4, -0.2) is 53.3 Å². The molecule has 0 saturated carbocycles. The minimum atomic E-state index is -0.730. The van der Waals surface area contributed by atoms with Gasteiger partial charge in [0.1, 0.15) is 24.4 Å². The van der Waals surface area contributed by atoms with Crippen LogP contribution in [0.2, 0.25) is 0 Å². The first-order valence-corrected chi connectivity index (χ1v) is 17.2. The van der Waals surface area contributed by atoms with Crippen LogP contribution < -0.4 is 0 Å². The van der Waals surface area contributed by atoms with Crippen LogP contribution in [0.25, 0.3) is 0 Å². The van der Waals surface area contributed by atoms with E-state index in [1.165, 1.54) is 12.1 Å². The summed E-state index contributed by atoms with van der Waals surface area (Å²) >= 11 is 2.33. The fourth-order valence-corrected chi connectivity index (χ4v) is 5.59. The van der Waals surface area contributed by atoms with Crippen LogP contribution in [-0.2, 0) is 54.8 Å². The van der Waals surface area contributed by atoms with Crippen molar-refractivity contribution in [3.8, 4) is 0 Å². The van der Waals surface area contributed by atoms with E-state index < -0.39 is 35.6 Å². The lowest BCUT2D eigenvalue weighted by Crippen LogP contribution is -2.61. The molecular weight excluding hydrogens is 713 g/mol. The van der Waals surface area contributed by atoms with Gasteiger partial charge in [-0.1, -0.05) is 114 Å². The second-order valence-electron chi connectivity index (χ2n) is 11.2. The molecule has 1 saturated heterocycles. The number of benzene rings is 4. The molecule has 5 rings (SSSR count). The summed E-state index contributed by atoms with van der Waals surface area (Å²) in [5.41, 5.74) is 3.91. The topological polar surface area (TPSA) is 98.5 Å². The van der Waals surface area contributed by atoms with Gasteiger partial charge in [-0.25, -0.2) is 0 Å². The highest BCUT2D eigenvalue weighted by Crippen LogP contribution is 2.32. The monoisotopic (exact) mass is 753 g/mol. The molecular formula is C37H40INO8. The fourth-order valence-electron chi connectivity index (χ4n) is 5.27. The highest BCUT2D eigenvalue weighted by molar-refractivity contribution is 14.1. The van der Waals surface area contributed by atoms with E-state index in [9.17, 15) is 10.1 Å². The smallest absolute Gasteiger partial charge is 0.269 e. The standard InChI is InChI=1S/C37H40INO8/c38-21-10-22-43-37-36(46-26-30-15-8-3-9-16-30)35(45-25-29-13-6-2-7-14-29)34(44-24-28-11-4-1-5-12-28)33(47-37)27-42-23-31-17-19-32(20-18-31)39(40)41/h1-9,11-20,33-37H,10,21-27H2/t33-,34-,35+,36+,37-/m1/s1. The number of nitro benzene ring substituents is 1. The van der Waals surface area contributed by atoms with Crippen molar-refractivity contribution in [2.24, 2.45) is 0 Å². The number of non-ortho nitro benzene ring substituents is 1. The Balaban J connectivity index is 1.40.